The molecule has 4 aromatic rings. The second-order valence-electron chi connectivity index (χ2n) is 13.1. The fourth-order valence-electron chi connectivity index (χ4n) is 6.86. The SMILES string of the molecule is COCC[C@H](CNC(=O)OC)C(=O)N1CCC[C@H]1c1ncc(-c2ncc(-c3cnc(-c4cnc([C@@H]5CCCN5C(=O)[C@H](CCOC)NC(=O)OC)[nH]4)s3)s2)[nH]1. The van der Waals surface area contributed by atoms with E-state index in [1.165, 1.54) is 36.9 Å². The highest BCUT2D eigenvalue weighted by Gasteiger charge is 2.37. The summed E-state index contributed by atoms with van der Waals surface area (Å²) in [5.74, 6) is 0.602. The second kappa shape index (κ2) is 18.6. The van der Waals surface area contributed by atoms with Gasteiger partial charge in [0.15, 0.2) is 0 Å². The molecule has 2 saturated heterocycles. The Hall–Kier alpha value is -4.92. The Morgan fingerprint density at radius 1 is 0.745 bits per heavy atom. The Balaban J connectivity index is 1.11. The number of ether oxygens (including phenoxy) is 4. The minimum Gasteiger partial charge on any atom is -0.453 e. The van der Waals surface area contributed by atoms with Crippen LogP contribution in [0.4, 0.5) is 9.59 Å². The smallest absolute Gasteiger partial charge is 0.407 e. The van der Waals surface area contributed by atoms with Crippen LogP contribution >= 0.6 is 22.7 Å². The van der Waals surface area contributed by atoms with Crippen LogP contribution in [0.3, 0.4) is 0 Å². The van der Waals surface area contributed by atoms with E-state index in [2.05, 4.69) is 40.5 Å². The molecular weight excluding hydrogens is 753 g/mol. The first-order chi connectivity index (χ1) is 26.7. The number of thiazole rings is 2. The normalized spacial score (nSPS) is 18.0. The van der Waals surface area contributed by atoms with E-state index in [0.29, 0.717) is 50.8 Å². The van der Waals surface area contributed by atoms with Gasteiger partial charge >= 0.3 is 12.2 Å². The summed E-state index contributed by atoms with van der Waals surface area (Å²) in [6, 6.07) is -1.28. The number of nitrogens with one attached hydrogen (secondary N) is 4. The number of imidazole rings is 2. The average Bonchev–Trinajstić information content (AvgIpc) is 4.04. The Labute approximate surface area is 325 Å². The number of aromatic amines is 2. The van der Waals surface area contributed by atoms with Gasteiger partial charge in [0.25, 0.3) is 0 Å². The molecule has 4 atom stereocenters. The van der Waals surface area contributed by atoms with E-state index >= 15 is 0 Å². The summed E-state index contributed by atoms with van der Waals surface area (Å²) in [6.45, 7) is 1.97. The zero-order valence-corrected chi connectivity index (χ0v) is 32.8. The third-order valence-corrected chi connectivity index (χ3v) is 12.0. The number of alkyl carbamates (subject to hydrolysis) is 2. The third-order valence-electron chi connectivity index (χ3n) is 9.69. The van der Waals surface area contributed by atoms with Gasteiger partial charge < -0.3 is 49.3 Å². The van der Waals surface area contributed by atoms with Crippen LogP contribution in [0.2, 0.25) is 0 Å². The maximum atomic E-state index is 13.7. The number of hydrogen-bond acceptors (Lipinski definition) is 14. The van der Waals surface area contributed by atoms with Crippen LogP contribution in [-0.2, 0) is 28.5 Å². The maximum Gasteiger partial charge on any atom is 0.407 e. The predicted molar refractivity (Wildman–Crippen MR) is 202 cm³/mol. The van der Waals surface area contributed by atoms with E-state index in [0.717, 1.165) is 56.8 Å². The van der Waals surface area contributed by atoms with Gasteiger partial charge in [-0.25, -0.2) is 29.5 Å². The third kappa shape index (κ3) is 9.31. The Morgan fingerprint density at radius 2 is 1.27 bits per heavy atom. The Kier molecular flexibility index (Phi) is 13.5. The zero-order valence-electron chi connectivity index (χ0n) is 31.2. The number of carbonyl (C=O) groups excluding carboxylic acids is 4. The molecule has 296 valence electrons. The summed E-state index contributed by atoms with van der Waals surface area (Å²) in [7, 11) is 5.68. The van der Waals surface area contributed by atoms with Crippen LogP contribution in [0.15, 0.2) is 24.8 Å². The number of methoxy groups -OCH3 is 4. The molecule has 0 unspecified atom stereocenters. The van der Waals surface area contributed by atoms with E-state index in [1.807, 2.05) is 4.90 Å². The zero-order chi connectivity index (χ0) is 38.9. The molecule has 55 heavy (non-hydrogen) atoms. The van der Waals surface area contributed by atoms with Crippen molar-refractivity contribution < 1.29 is 38.1 Å². The lowest BCUT2D eigenvalue weighted by atomic mass is 10.0. The number of likely N-dealkylation sites (tertiary alicyclic amines) is 2. The summed E-state index contributed by atoms with van der Waals surface area (Å²) < 4.78 is 19.8. The molecule has 2 fully saturated rings. The molecule has 4 aromatic heterocycles. The summed E-state index contributed by atoms with van der Waals surface area (Å²) in [5, 5.41) is 6.78. The first kappa shape index (κ1) is 39.8. The largest absolute Gasteiger partial charge is 0.453 e. The van der Waals surface area contributed by atoms with Gasteiger partial charge in [0.2, 0.25) is 11.8 Å². The fourth-order valence-corrected chi connectivity index (χ4v) is 8.69. The van der Waals surface area contributed by atoms with Gasteiger partial charge in [0, 0.05) is 65.9 Å². The van der Waals surface area contributed by atoms with Crippen LogP contribution in [0.1, 0.15) is 62.3 Å². The standard InChI is InChI=1S/C35H46N10O8S2/c1-50-13-9-20(15-40-34(48)52-3)32(46)44-11-5-7-24(44)28-36-16-22(41-28)30-38-18-26(54-30)27-19-39-31(55-27)23-17-37-29(42-23)25-8-6-12-45(25)33(47)21(10-14-51-2)43-35(49)53-4/h16-21,24-25H,5-15H2,1-4H3,(H,36,41)(H,37,42)(H,40,48)(H,43,49)/t20-,21+,24+,25+/m1/s1. The first-order valence-corrected chi connectivity index (χ1v) is 19.7. The first-order valence-electron chi connectivity index (χ1n) is 18.0. The maximum absolute atomic E-state index is 13.7. The minimum atomic E-state index is -0.782. The van der Waals surface area contributed by atoms with Crippen molar-refractivity contribution in [2.45, 2.75) is 56.7 Å². The van der Waals surface area contributed by atoms with E-state index in [-0.39, 0.29) is 30.4 Å². The van der Waals surface area contributed by atoms with Gasteiger partial charge in [-0.3, -0.25) is 9.59 Å². The van der Waals surface area contributed by atoms with Crippen LogP contribution in [0.25, 0.3) is 31.2 Å². The highest BCUT2D eigenvalue weighted by molar-refractivity contribution is 7.24. The van der Waals surface area contributed by atoms with Crippen molar-refractivity contribution in [3.63, 3.8) is 0 Å². The lowest BCUT2D eigenvalue weighted by molar-refractivity contribution is -0.137. The number of rotatable bonds is 16. The van der Waals surface area contributed by atoms with Crippen molar-refractivity contribution >= 4 is 46.7 Å². The molecule has 18 nitrogen and oxygen atoms in total. The average molecular weight is 799 g/mol. The van der Waals surface area contributed by atoms with Gasteiger partial charge in [0.1, 0.15) is 27.7 Å². The highest BCUT2D eigenvalue weighted by atomic mass is 32.1. The van der Waals surface area contributed by atoms with Gasteiger partial charge in [-0.05, 0) is 32.1 Å². The second-order valence-corrected chi connectivity index (χ2v) is 15.2. The molecule has 0 bridgehead atoms. The van der Waals surface area contributed by atoms with Crippen molar-refractivity contribution in [1.82, 2.24) is 50.3 Å². The van der Waals surface area contributed by atoms with Crippen molar-refractivity contribution in [2.24, 2.45) is 5.92 Å². The van der Waals surface area contributed by atoms with Crippen molar-refractivity contribution in [3.8, 4) is 31.2 Å². The van der Waals surface area contributed by atoms with Crippen molar-refractivity contribution in [1.29, 1.82) is 0 Å². The van der Waals surface area contributed by atoms with E-state index in [4.69, 9.17) is 18.9 Å². The van der Waals surface area contributed by atoms with E-state index in [1.54, 1.807) is 43.9 Å². The number of H-pyrrole nitrogens is 2. The number of aromatic nitrogens is 6. The molecule has 4 amide bonds. The molecule has 4 N–H and O–H groups in total. The molecule has 6 rings (SSSR count). The molecular formula is C35H46N10O8S2. The van der Waals surface area contributed by atoms with Gasteiger partial charge in [-0.2, -0.15) is 0 Å². The molecule has 20 heteroatoms. The fraction of sp³-hybridized carbons (Fsp3) is 0.543. The Bertz CT molecular complexity index is 1930. The summed E-state index contributed by atoms with van der Waals surface area (Å²) >= 11 is 3.00. The molecule has 0 aliphatic carbocycles. The monoisotopic (exact) mass is 798 g/mol. The number of amides is 4. The van der Waals surface area contributed by atoms with Crippen LogP contribution in [0.5, 0.6) is 0 Å². The van der Waals surface area contributed by atoms with Crippen LogP contribution in [-0.4, -0.2) is 131 Å². The van der Waals surface area contributed by atoms with Crippen LogP contribution < -0.4 is 10.6 Å². The number of hydrogen-bond donors (Lipinski definition) is 4. The summed E-state index contributed by atoms with van der Waals surface area (Å²) in [4.78, 5) is 81.7. The Morgan fingerprint density at radius 3 is 1.80 bits per heavy atom. The molecule has 2 aliphatic heterocycles. The summed E-state index contributed by atoms with van der Waals surface area (Å²) in [5.41, 5.74) is 1.48. The van der Waals surface area contributed by atoms with E-state index < -0.39 is 24.1 Å². The summed E-state index contributed by atoms with van der Waals surface area (Å²) in [6.07, 6.45) is 9.73. The van der Waals surface area contributed by atoms with Crippen molar-refractivity contribution in [3.05, 3.63) is 36.4 Å². The van der Waals surface area contributed by atoms with Gasteiger partial charge in [0.05, 0.1) is 65.8 Å². The predicted octanol–water partition coefficient (Wildman–Crippen LogP) is 4.14. The van der Waals surface area contributed by atoms with Crippen LogP contribution in [0, 0.1) is 5.92 Å². The van der Waals surface area contributed by atoms with Gasteiger partial charge in [-0.15, -0.1) is 22.7 Å². The molecule has 6 heterocycles. The topological polar surface area (TPSA) is 219 Å². The molecule has 0 radical (unpaired) electrons. The highest BCUT2D eigenvalue weighted by Crippen LogP contribution is 2.39. The minimum absolute atomic E-state index is 0.0654. The lowest BCUT2D eigenvalue weighted by Gasteiger charge is -2.28. The number of carbonyl (C=O) groups is 4. The lowest BCUT2D eigenvalue weighted by Crippen LogP contribution is -2.49. The number of nitrogens with zero attached hydrogens (tertiary/aromatic N) is 6. The van der Waals surface area contributed by atoms with Gasteiger partial charge in [-0.1, -0.05) is 0 Å². The molecule has 2 aliphatic rings. The molecule has 0 saturated carbocycles. The molecule has 0 spiro atoms. The molecule has 0 aromatic carbocycles. The van der Waals surface area contributed by atoms with E-state index in [9.17, 15) is 19.2 Å². The van der Waals surface area contributed by atoms with Crippen molar-refractivity contribution in [2.75, 3.05) is 61.3 Å². The quantitative estimate of drug-likeness (QED) is 0.126.